The van der Waals surface area contributed by atoms with Gasteiger partial charge in [-0.1, -0.05) is 81.0 Å². The quantitative estimate of drug-likeness (QED) is 0.174. The summed E-state index contributed by atoms with van der Waals surface area (Å²) in [5.41, 5.74) is 0. The van der Waals surface area contributed by atoms with Gasteiger partial charge in [0.2, 0.25) is 5.91 Å². The van der Waals surface area contributed by atoms with Gasteiger partial charge >= 0.3 is 0 Å². The van der Waals surface area contributed by atoms with Crippen molar-refractivity contribution in [1.82, 2.24) is 4.72 Å². The van der Waals surface area contributed by atoms with Crippen molar-refractivity contribution in [3.63, 3.8) is 0 Å². The fourth-order valence-corrected chi connectivity index (χ4v) is 4.64. The summed E-state index contributed by atoms with van der Waals surface area (Å²) in [5, 5.41) is 10.0. The van der Waals surface area contributed by atoms with Crippen LogP contribution in [-0.2, 0) is 14.8 Å². The highest BCUT2D eigenvalue weighted by atomic mass is 35.5. The Morgan fingerprint density at radius 1 is 1.00 bits per heavy atom. The molecular formula is C26H40ClNO4S. The third kappa shape index (κ3) is 15.0. The van der Waals surface area contributed by atoms with Crippen molar-refractivity contribution in [1.29, 1.82) is 0 Å². The predicted molar refractivity (Wildman–Crippen MR) is 137 cm³/mol. The molecule has 33 heavy (non-hydrogen) atoms. The van der Waals surface area contributed by atoms with Gasteiger partial charge in [-0.2, -0.15) is 0 Å². The van der Waals surface area contributed by atoms with Crippen LogP contribution in [0.3, 0.4) is 0 Å². The zero-order valence-corrected chi connectivity index (χ0v) is 21.4. The monoisotopic (exact) mass is 497 g/mol. The van der Waals surface area contributed by atoms with E-state index in [0.29, 0.717) is 11.4 Å². The van der Waals surface area contributed by atoms with Crippen LogP contribution >= 0.6 is 11.6 Å². The summed E-state index contributed by atoms with van der Waals surface area (Å²) in [6, 6.07) is 5.84. The van der Waals surface area contributed by atoms with E-state index < -0.39 is 15.9 Å². The molecule has 186 valence electrons. The van der Waals surface area contributed by atoms with Gasteiger partial charge in [-0.15, -0.1) is 0 Å². The van der Waals surface area contributed by atoms with Gasteiger partial charge in [0.15, 0.2) is 0 Å². The Hall–Kier alpha value is -1.63. The molecule has 0 aliphatic rings. The number of nitrogens with one attached hydrogen (secondary N) is 1. The van der Waals surface area contributed by atoms with E-state index in [2.05, 4.69) is 29.9 Å². The number of unbranched alkanes of at least 4 members (excludes halogenated alkanes) is 8. The number of carbonyl (C=O) groups is 1. The van der Waals surface area contributed by atoms with E-state index in [-0.39, 0.29) is 17.4 Å². The lowest BCUT2D eigenvalue weighted by Crippen LogP contribution is -2.30. The zero-order valence-electron chi connectivity index (χ0n) is 19.8. The Labute approximate surface area is 205 Å². The fourth-order valence-electron chi connectivity index (χ4n) is 3.33. The summed E-state index contributed by atoms with van der Waals surface area (Å²) in [5.74, 6) is -0.506. The lowest BCUT2D eigenvalue weighted by molar-refractivity contribution is -0.119. The van der Waals surface area contributed by atoms with Crippen molar-refractivity contribution < 1.29 is 18.3 Å². The first-order valence-corrected chi connectivity index (χ1v) is 14.0. The third-order valence-corrected chi connectivity index (χ3v) is 6.86. The maximum atomic E-state index is 12.2. The summed E-state index contributed by atoms with van der Waals surface area (Å²) >= 11 is 5.81. The second-order valence-electron chi connectivity index (χ2n) is 8.33. The molecular weight excluding hydrogens is 458 g/mol. The molecule has 1 aromatic carbocycles. The maximum absolute atomic E-state index is 12.2. The molecule has 1 rings (SSSR count). The zero-order chi connectivity index (χ0) is 24.4. The number of carbonyl (C=O) groups excluding carboxylic acids is 1. The average Bonchev–Trinajstić information content (AvgIpc) is 2.77. The van der Waals surface area contributed by atoms with Gasteiger partial charge in [-0.25, -0.2) is 13.1 Å². The Morgan fingerprint density at radius 3 is 2.30 bits per heavy atom. The van der Waals surface area contributed by atoms with Crippen LogP contribution < -0.4 is 4.72 Å². The Kier molecular flexibility index (Phi) is 15.9. The molecule has 1 amide bonds. The predicted octanol–water partition coefficient (Wildman–Crippen LogP) is 6.71. The van der Waals surface area contributed by atoms with Gasteiger partial charge in [-0.05, 0) is 63.1 Å². The normalized spacial score (nSPS) is 13.1. The van der Waals surface area contributed by atoms with E-state index in [4.69, 9.17) is 11.6 Å². The Balaban J connectivity index is 2.02. The van der Waals surface area contributed by atoms with Gasteiger partial charge in [0.05, 0.1) is 11.0 Å². The molecule has 0 aliphatic heterocycles. The lowest BCUT2D eigenvalue weighted by atomic mass is 10.1. The number of sulfonamides is 1. The van der Waals surface area contributed by atoms with Crippen LogP contribution in [0.15, 0.2) is 53.5 Å². The molecule has 0 spiro atoms. The van der Waals surface area contributed by atoms with Gasteiger partial charge in [0.25, 0.3) is 10.0 Å². The van der Waals surface area contributed by atoms with Gasteiger partial charge < -0.3 is 5.11 Å². The van der Waals surface area contributed by atoms with Crippen LogP contribution in [-0.4, -0.2) is 25.5 Å². The van der Waals surface area contributed by atoms with E-state index in [9.17, 15) is 18.3 Å². The minimum Gasteiger partial charge on any atom is -0.389 e. The van der Waals surface area contributed by atoms with Crippen LogP contribution in [0.2, 0.25) is 5.02 Å². The van der Waals surface area contributed by atoms with Crippen LogP contribution in [0.4, 0.5) is 0 Å². The molecule has 7 heteroatoms. The summed E-state index contributed by atoms with van der Waals surface area (Å²) in [7, 11) is -3.87. The maximum Gasteiger partial charge on any atom is 0.264 e. The molecule has 0 bridgehead atoms. The van der Waals surface area contributed by atoms with Crippen LogP contribution in [0.25, 0.3) is 0 Å². The van der Waals surface area contributed by atoms with Gasteiger partial charge in [-0.3, -0.25) is 4.79 Å². The molecule has 0 saturated carbocycles. The molecule has 0 unspecified atom stereocenters. The number of halogens is 1. The second kappa shape index (κ2) is 17.8. The van der Waals surface area contributed by atoms with E-state index in [1.165, 1.54) is 43.9 Å². The molecule has 0 saturated heterocycles. The Morgan fingerprint density at radius 2 is 1.64 bits per heavy atom. The third-order valence-electron chi connectivity index (χ3n) is 5.25. The molecule has 2 N–H and O–H groups in total. The molecule has 1 atom stereocenters. The molecule has 0 fully saturated rings. The largest absolute Gasteiger partial charge is 0.389 e. The summed E-state index contributed by atoms with van der Waals surface area (Å²) in [4.78, 5) is 11.9. The standard InChI is InChI=1S/C26H40ClNO4S/c1-2-3-18-24(29)19-14-12-10-8-6-4-5-7-9-11-13-15-21-26(30)28-33(31,32)25-20-16-17-23(27)22-25/h9,11,14,16-17,19-20,22,24,29H,2-8,10,12-13,15,18,21H2,1H3,(H,28,30)/t24-/m1/s1. The summed E-state index contributed by atoms with van der Waals surface area (Å²) < 4.78 is 26.4. The second-order valence-corrected chi connectivity index (χ2v) is 10.5. The highest BCUT2D eigenvalue weighted by Gasteiger charge is 2.17. The number of aliphatic hydroxyl groups is 1. The number of allylic oxidation sites excluding steroid dienone is 3. The van der Waals surface area contributed by atoms with Crippen molar-refractivity contribution in [3.8, 4) is 0 Å². The van der Waals surface area contributed by atoms with Gasteiger partial charge in [0, 0.05) is 11.4 Å². The lowest BCUT2D eigenvalue weighted by Gasteiger charge is -2.06. The van der Waals surface area contributed by atoms with E-state index in [0.717, 1.165) is 44.9 Å². The first kappa shape index (κ1) is 29.4. The van der Waals surface area contributed by atoms with E-state index in [1.54, 1.807) is 6.07 Å². The number of hydrogen-bond acceptors (Lipinski definition) is 4. The molecule has 0 aliphatic carbocycles. The van der Waals surface area contributed by atoms with E-state index in [1.807, 2.05) is 6.08 Å². The minimum atomic E-state index is -3.87. The number of hydrogen-bond donors (Lipinski definition) is 2. The van der Waals surface area contributed by atoms with Crippen LogP contribution in [0.1, 0.15) is 90.4 Å². The Bertz CT molecular complexity index is 836. The van der Waals surface area contributed by atoms with Crippen LogP contribution in [0.5, 0.6) is 0 Å². The highest BCUT2D eigenvalue weighted by molar-refractivity contribution is 7.90. The van der Waals surface area contributed by atoms with Crippen molar-refractivity contribution in [2.75, 3.05) is 0 Å². The summed E-state index contributed by atoms with van der Waals surface area (Å²) in [6.07, 6.45) is 20.6. The van der Waals surface area contributed by atoms with Crippen molar-refractivity contribution >= 4 is 27.5 Å². The van der Waals surface area contributed by atoms with Crippen molar-refractivity contribution in [2.45, 2.75) is 101 Å². The molecule has 0 radical (unpaired) electrons. The van der Waals surface area contributed by atoms with Crippen molar-refractivity contribution in [3.05, 3.63) is 53.6 Å². The first-order chi connectivity index (χ1) is 15.8. The number of aliphatic hydroxyl groups excluding tert-OH is 1. The molecule has 1 aromatic rings. The smallest absolute Gasteiger partial charge is 0.264 e. The van der Waals surface area contributed by atoms with Crippen LogP contribution in [0, 0.1) is 0 Å². The minimum absolute atomic E-state index is 0.0130. The fraction of sp³-hybridized carbons (Fsp3) is 0.577. The highest BCUT2D eigenvalue weighted by Crippen LogP contribution is 2.15. The van der Waals surface area contributed by atoms with E-state index >= 15 is 0 Å². The molecule has 0 heterocycles. The number of rotatable bonds is 18. The summed E-state index contributed by atoms with van der Waals surface area (Å²) in [6.45, 7) is 2.13. The molecule has 5 nitrogen and oxygen atoms in total. The topological polar surface area (TPSA) is 83.5 Å². The number of amides is 1. The number of benzene rings is 1. The van der Waals surface area contributed by atoms with Gasteiger partial charge in [0.1, 0.15) is 0 Å². The van der Waals surface area contributed by atoms with Crippen molar-refractivity contribution in [2.24, 2.45) is 0 Å². The SMILES string of the molecule is CCCC[C@@H](O)C=CCCCCCCCC=CCCCC(=O)NS(=O)(=O)c1cccc(Cl)c1. The molecule has 0 aromatic heterocycles. The first-order valence-electron chi connectivity index (χ1n) is 12.2. The average molecular weight is 498 g/mol.